The number of nitrogens with zero attached hydrogens (tertiary/aromatic N) is 3. The highest BCUT2D eigenvalue weighted by molar-refractivity contribution is 7.97. The quantitative estimate of drug-likeness (QED) is 0.411. The normalized spacial score (nSPS) is 14.9. The van der Waals surface area contributed by atoms with Gasteiger partial charge in [-0.05, 0) is 24.8 Å². The molecule has 18 heavy (non-hydrogen) atoms. The largest absolute Gasteiger partial charge is 0.468 e. The highest BCUT2D eigenvalue weighted by Crippen LogP contribution is 2.21. The zero-order valence-corrected chi connectivity index (χ0v) is 11.6. The summed E-state index contributed by atoms with van der Waals surface area (Å²) in [4.78, 5) is 26.1. The smallest absolute Gasteiger partial charge is 0.346 e. The summed E-state index contributed by atoms with van der Waals surface area (Å²) in [6.45, 7) is 0.581. The SMILES string of the molecule is COC(=N)N(C(=O)N(C)C)C(=O)N1CCCCS1. The zero-order chi connectivity index (χ0) is 13.7. The van der Waals surface area contributed by atoms with Crippen molar-refractivity contribution in [1.82, 2.24) is 14.1 Å². The standard InChI is InChI=1S/C10H18N4O3S/c1-12(2)9(15)14(8(11)17-3)10(16)13-6-4-5-7-18-13/h11H,4-7H2,1-3H3. The summed E-state index contributed by atoms with van der Waals surface area (Å²) >= 11 is 1.38. The van der Waals surface area contributed by atoms with Gasteiger partial charge < -0.3 is 9.64 Å². The number of urea groups is 2. The lowest BCUT2D eigenvalue weighted by atomic mass is 10.3. The number of amides is 4. The molecule has 0 unspecified atom stereocenters. The first-order valence-corrected chi connectivity index (χ1v) is 6.51. The van der Waals surface area contributed by atoms with E-state index in [4.69, 9.17) is 10.1 Å². The van der Waals surface area contributed by atoms with Crippen molar-refractivity contribution in [2.45, 2.75) is 12.8 Å². The van der Waals surface area contributed by atoms with E-state index in [-0.39, 0.29) is 0 Å². The number of carbonyl (C=O) groups excluding carboxylic acids is 2. The average Bonchev–Trinajstić information content (AvgIpc) is 2.39. The Kier molecular flexibility index (Phi) is 5.26. The maximum Gasteiger partial charge on any atom is 0.346 e. The van der Waals surface area contributed by atoms with Gasteiger partial charge in [0.2, 0.25) is 0 Å². The Labute approximate surface area is 111 Å². The molecule has 0 radical (unpaired) electrons. The van der Waals surface area contributed by atoms with Crippen molar-refractivity contribution < 1.29 is 14.3 Å². The fourth-order valence-electron chi connectivity index (χ4n) is 1.41. The third-order valence-electron chi connectivity index (χ3n) is 2.38. The molecule has 102 valence electrons. The molecule has 1 heterocycles. The third-order valence-corrected chi connectivity index (χ3v) is 3.50. The van der Waals surface area contributed by atoms with Gasteiger partial charge in [-0.1, -0.05) is 0 Å². The topological polar surface area (TPSA) is 76.9 Å². The van der Waals surface area contributed by atoms with Crippen LogP contribution in [0.5, 0.6) is 0 Å². The monoisotopic (exact) mass is 274 g/mol. The number of methoxy groups -OCH3 is 1. The molecule has 1 fully saturated rings. The Bertz CT molecular complexity index is 342. The van der Waals surface area contributed by atoms with Crippen molar-refractivity contribution in [3.05, 3.63) is 0 Å². The van der Waals surface area contributed by atoms with Crippen LogP contribution >= 0.6 is 11.9 Å². The lowest BCUT2D eigenvalue weighted by molar-refractivity contribution is 0.168. The number of rotatable bonds is 0. The van der Waals surface area contributed by atoms with Crippen molar-refractivity contribution in [3.8, 4) is 0 Å². The summed E-state index contributed by atoms with van der Waals surface area (Å²) in [5.74, 6) is 0.843. The van der Waals surface area contributed by atoms with Crippen molar-refractivity contribution in [3.63, 3.8) is 0 Å². The van der Waals surface area contributed by atoms with E-state index in [0.717, 1.165) is 23.5 Å². The first-order valence-electron chi connectivity index (χ1n) is 5.57. The van der Waals surface area contributed by atoms with Crippen LogP contribution in [0.2, 0.25) is 0 Å². The van der Waals surface area contributed by atoms with Crippen LogP contribution in [-0.2, 0) is 4.74 Å². The molecule has 1 saturated heterocycles. The minimum absolute atomic E-state index is 0.468. The van der Waals surface area contributed by atoms with Crippen LogP contribution in [0.4, 0.5) is 9.59 Å². The minimum atomic E-state index is -0.585. The first kappa shape index (κ1) is 14.6. The number of amidine groups is 1. The van der Waals surface area contributed by atoms with E-state index in [0.29, 0.717) is 6.54 Å². The number of hydrogen-bond donors (Lipinski definition) is 1. The highest BCUT2D eigenvalue weighted by atomic mass is 32.2. The molecule has 1 rings (SSSR count). The molecule has 1 aliphatic rings. The van der Waals surface area contributed by atoms with Crippen molar-refractivity contribution in [2.24, 2.45) is 0 Å². The van der Waals surface area contributed by atoms with Gasteiger partial charge in [0.1, 0.15) is 0 Å². The molecule has 8 heteroatoms. The van der Waals surface area contributed by atoms with Gasteiger partial charge in [0, 0.05) is 26.4 Å². The molecule has 4 amide bonds. The Balaban J connectivity index is 2.84. The van der Waals surface area contributed by atoms with Gasteiger partial charge in [-0.25, -0.2) is 9.59 Å². The maximum atomic E-state index is 12.2. The second kappa shape index (κ2) is 6.48. The Morgan fingerprint density at radius 2 is 2.00 bits per heavy atom. The fraction of sp³-hybridized carbons (Fsp3) is 0.700. The van der Waals surface area contributed by atoms with E-state index < -0.39 is 18.1 Å². The molecule has 0 aromatic rings. The zero-order valence-electron chi connectivity index (χ0n) is 10.8. The van der Waals surface area contributed by atoms with Crippen LogP contribution in [0.3, 0.4) is 0 Å². The molecule has 1 aliphatic heterocycles. The third kappa shape index (κ3) is 3.28. The number of ether oxygens (including phenoxy) is 1. The van der Waals surface area contributed by atoms with Crippen LogP contribution in [-0.4, -0.2) is 65.7 Å². The van der Waals surface area contributed by atoms with Gasteiger partial charge >= 0.3 is 18.1 Å². The van der Waals surface area contributed by atoms with Gasteiger partial charge in [0.05, 0.1) is 7.11 Å². The molecule has 0 aliphatic carbocycles. The summed E-state index contributed by atoms with van der Waals surface area (Å²) in [5, 5.41) is 7.57. The predicted octanol–water partition coefficient (Wildman–Crippen LogP) is 1.42. The first-order chi connectivity index (χ1) is 8.49. The second-order valence-corrected chi connectivity index (χ2v) is 5.05. The molecule has 1 N–H and O–H groups in total. The fourth-order valence-corrected chi connectivity index (χ4v) is 2.41. The Morgan fingerprint density at radius 1 is 1.33 bits per heavy atom. The maximum absolute atomic E-state index is 12.2. The van der Waals surface area contributed by atoms with Crippen LogP contribution in [0.25, 0.3) is 0 Å². The number of nitrogens with one attached hydrogen (secondary N) is 1. The minimum Gasteiger partial charge on any atom is -0.468 e. The highest BCUT2D eigenvalue weighted by Gasteiger charge is 2.33. The predicted molar refractivity (Wildman–Crippen MR) is 69.5 cm³/mol. The molecular formula is C10H18N4O3S. The van der Waals surface area contributed by atoms with Gasteiger partial charge in [0.15, 0.2) is 0 Å². The summed E-state index contributed by atoms with van der Waals surface area (Å²) in [6.07, 6.45) is 1.96. The Morgan fingerprint density at radius 3 is 2.44 bits per heavy atom. The summed E-state index contributed by atoms with van der Waals surface area (Å²) in [5.41, 5.74) is 0. The number of imide groups is 1. The molecule has 7 nitrogen and oxygen atoms in total. The van der Waals surface area contributed by atoms with Gasteiger partial charge in [-0.2, -0.15) is 4.90 Å². The lowest BCUT2D eigenvalue weighted by Gasteiger charge is -2.31. The Hall–Kier alpha value is -1.44. The van der Waals surface area contributed by atoms with Gasteiger partial charge in [0.25, 0.3) is 0 Å². The van der Waals surface area contributed by atoms with Gasteiger partial charge in [-0.3, -0.25) is 9.71 Å². The number of carbonyl (C=O) groups is 2. The van der Waals surface area contributed by atoms with Crippen LogP contribution in [0.15, 0.2) is 0 Å². The van der Waals surface area contributed by atoms with Crippen LogP contribution in [0, 0.1) is 5.41 Å². The molecule has 0 atom stereocenters. The summed E-state index contributed by atoms with van der Waals surface area (Å²) < 4.78 is 6.20. The summed E-state index contributed by atoms with van der Waals surface area (Å²) in [7, 11) is 4.30. The van der Waals surface area contributed by atoms with E-state index in [9.17, 15) is 9.59 Å². The molecule has 0 aromatic carbocycles. The van der Waals surface area contributed by atoms with Crippen molar-refractivity contribution in [2.75, 3.05) is 33.5 Å². The van der Waals surface area contributed by atoms with Crippen LogP contribution < -0.4 is 0 Å². The number of hydrogen-bond acceptors (Lipinski definition) is 5. The molecular weight excluding hydrogens is 256 g/mol. The lowest BCUT2D eigenvalue weighted by Crippen LogP contribution is -2.51. The van der Waals surface area contributed by atoms with E-state index >= 15 is 0 Å². The summed E-state index contributed by atoms with van der Waals surface area (Å²) in [6, 6.07) is -1.58. The van der Waals surface area contributed by atoms with Crippen molar-refractivity contribution in [1.29, 1.82) is 5.41 Å². The van der Waals surface area contributed by atoms with E-state index in [1.165, 1.54) is 42.4 Å². The molecule has 0 bridgehead atoms. The van der Waals surface area contributed by atoms with Gasteiger partial charge in [-0.15, -0.1) is 0 Å². The average molecular weight is 274 g/mol. The van der Waals surface area contributed by atoms with E-state index in [2.05, 4.69) is 0 Å². The molecule has 0 aromatic heterocycles. The van der Waals surface area contributed by atoms with Crippen LogP contribution in [0.1, 0.15) is 12.8 Å². The van der Waals surface area contributed by atoms with Crippen molar-refractivity contribution >= 4 is 30.0 Å². The molecule has 0 spiro atoms. The molecule has 0 saturated carbocycles. The second-order valence-electron chi connectivity index (χ2n) is 3.95. The van der Waals surface area contributed by atoms with E-state index in [1.54, 1.807) is 0 Å². The van der Waals surface area contributed by atoms with E-state index in [1.807, 2.05) is 0 Å².